The van der Waals surface area contributed by atoms with Crippen LogP contribution < -0.4 is 10.6 Å². The van der Waals surface area contributed by atoms with Crippen LogP contribution in [-0.2, 0) is 9.59 Å². The molecular formula is C19H27F2N3O3. The summed E-state index contributed by atoms with van der Waals surface area (Å²) < 4.78 is 27.6. The van der Waals surface area contributed by atoms with E-state index in [0.29, 0.717) is 0 Å². The highest BCUT2D eigenvalue weighted by atomic mass is 19.1. The Bertz CT molecular complexity index is 673. The molecule has 0 aliphatic rings. The van der Waals surface area contributed by atoms with Crippen molar-refractivity contribution in [2.24, 2.45) is 5.92 Å². The molecule has 1 rings (SSSR count). The number of nitrogens with zero attached hydrogens (tertiary/aromatic N) is 1. The number of benzene rings is 1. The van der Waals surface area contributed by atoms with Crippen molar-refractivity contribution in [3.8, 4) is 0 Å². The number of carbonyl (C=O) groups is 3. The van der Waals surface area contributed by atoms with Crippen molar-refractivity contribution in [2.75, 3.05) is 13.1 Å². The van der Waals surface area contributed by atoms with Gasteiger partial charge in [0.15, 0.2) is 0 Å². The van der Waals surface area contributed by atoms with E-state index in [2.05, 4.69) is 10.6 Å². The van der Waals surface area contributed by atoms with Crippen LogP contribution >= 0.6 is 0 Å². The van der Waals surface area contributed by atoms with E-state index in [-0.39, 0.29) is 31.0 Å². The Morgan fingerprint density at radius 3 is 2.04 bits per heavy atom. The molecule has 1 atom stereocenters. The molecule has 1 aromatic carbocycles. The zero-order valence-corrected chi connectivity index (χ0v) is 16.3. The van der Waals surface area contributed by atoms with Crippen molar-refractivity contribution < 1.29 is 23.2 Å². The van der Waals surface area contributed by atoms with Gasteiger partial charge < -0.3 is 15.5 Å². The number of nitrogens with one attached hydrogen (secondary N) is 2. The fourth-order valence-electron chi connectivity index (χ4n) is 2.52. The fraction of sp³-hybridized carbons (Fsp3) is 0.526. The van der Waals surface area contributed by atoms with E-state index in [9.17, 15) is 23.2 Å². The van der Waals surface area contributed by atoms with Crippen molar-refractivity contribution in [1.29, 1.82) is 0 Å². The highest BCUT2D eigenvalue weighted by Crippen LogP contribution is 2.14. The molecule has 2 N–H and O–H groups in total. The summed E-state index contributed by atoms with van der Waals surface area (Å²) in [5, 5.41) is 5.09. The SMILES string of the molecule is CCN(CC(=O)NC(C)C)C(=O)[C@@H](NC(=O)c1c(F)cccc1F)C(C)C. The lowest BCUT2D eigenvalue weighted by Gasteiger charge is -2.29. The Kier molecular flexibility index (Phi) is 8.33. The first kappa shape index (κ1) is 22.5. The number of hydrogen-bond donors (Lipinski definition) is 2. The van der Waals surface area contributed by atoms with Crippen LogP contribution in [0.2, 0.25) is 0 Å². The maximum atomic E-state index is 13.8. The Morgan fingerprint density at radius 1 is 1.04 bits per heavy atom. The van der Waals surface area contributed by atoms with Gasteiger partial charge in [-0.05, 0) is 38.8 Å². The maximum Gasteiger partial charge on any atom is 0.257 e. The van der Waals surface area contributed by atoms with Crippen LogP contribution in [0.25, 0.3) is 0 Å². The molecule has 1 aromatic rings. The third-order valence-corrected chi connectivity index (χ3v) is 3.89. The highest BCUT2D eigenvalue weighted by Gasteiger charge is 2.30. The number of amides is 3. The lowest BCUT2D eigenvalue weighted by atomic mass is 10.0. The van der Waals surface area contributed by atoms with E-state index in [4.69, 9.17) is 0 Å². The molecule has 0 radical (unpaired) electrons. The number of halogens is 2. The van der Waals surface area contributed by atoms with Crippen molar-refractivity contribution in [1.82, 2.24) is 15.5 Å². The molecule has 0 saturated heterocycles. The average molecular weight is 383 g/mol. The quantitative estimate of drug-likeness (QED) is 0.722. The standard InChI is InChI=1S/C19H27F2N3O3/c1-6-24(10-15(25)22-12(4)5)19(27)17(11(2)3)23-18(26)16-13(20)8-7-9-14(16)21/h7-9,11-12,17H,6,10H2,1-5H3,(H,22,25)(H,23,26)/t17-/m0/s1. The molecule has 0 aliphatic carbocycles. The predicted molar refractivity (Wildman–Crippen MR) is 98.0 cm³/mol. The van der Waals surface area contributed by atoms with E-state index < -0.39 is 35.1 Å². The average Bonchev–Trinajstić information content (AvgIpc) is 2.55. The zero-order valence-electron chi connectivity index (χ0n) is 16.3. The second-order valence-corrected chi connectivity index (χ2v) is 6.87. The summed E-state index contributed by atoms with van der Waals surface area (Å²) in [7, 11) is 0. The van der Waals surface area contributed by atoms with Crippen molar-refractivity contribution in [3.63, 3.8) is 0 Å². The highest BCUT2D eigenvalue weighted by molar-refractivity contribution is 5.98. The van der Waals surface area contributed by atoms with Gasteiger partial charge in [0.1, 0.15) is 23.2 Å². The van der Waals surface area contributed by atoms with Gasteiger partial charge >= 0.3 is 0 Å². The van der Waals surface area contributed by atoms with Gasteiger partial charge in [0, 0.05) is 12.6 Å². The van der Waals surface area contributed by atoms with Crippen molar-refractivity contribution in [3.05, 3.63) is 35.4 Å². The number of carbonyl (C=O) groups excluding carboxylic acids is 3. The summed E-state index contributed by atoms with van der Waals surface area (Å²) >= 11 is 0. The van der Waals surface area contributed by atoms with Gasteiger partial charge in [-0.1, -0.05) is 19.9 Å². The van der Waals surface area contributed by atoms with Gasteiger partial charge in [0.25, 0.3) is 5.91 Å². The first-order chi connectivity index (χ1) is 12.6. The van der Waals surface area contributed by atoms with Crippen LogP contribution in [0, 0.1) is 17.6 Å². The van der Waals surface area contributed by atoms with Crippen LogP contribution in [0.3, 0.4) is 0 Å². The molecule has 0 fully saturated rings. The Morgan fingerprint density at radius 2 is 1.59 bits per heavy atom. The molecule has 3 amide bonds. The summed E-state index contributed by atoms with van der Waals surface area (Å²) in [5.41, 5.74) is -0.739. The summed E-state index contributed by atoms with van der Waals surface area (Å²) in [6, 6.07) is 2.00. The minimum Gasteiger partial charge on any atom is -0.352 e. The third-order valence-electron chi connectivity index (χ3n) is 3.89. The number of hydrogen-bond acceptors (Lipinski definition) is 3. The Labute approximate surface area is 158 Å². The molecule has 0 spiro atoms. The molecule has 0 bridgehead atoms. The van der Waals surface area contributed by atoms with Gasteiger partial charge in [-0.25, -0.2) is 8.78 Å². The molecular weight excluding hydrogens is 356 g/mol. The predicted octanol–water partition coefficient (Wildman–Crippen LogP) is 2.09. The topological polar surface area (TPSA) is 78.5 Å². The first-order valence-electron chi connectivity index (χ1n) is 8.91. The summed E-state index contributed by atoms with van der Waals surface area (Å²) in [6.07, 6.45) is 0. The third kappa shape index (κ3) is 6.30. The van der Waals surface area contributed by atoms with E-state index in [1.54, 1.807) is 34.6 Å². The second-order valence-electron chi connectivity index (χ2n) is 6.87. The molecule has 0 unspecified atom stereocenters. The Hall–Kier alpha value is -2.51. The lowest BCUT2D eigenvalue weighted by Crippen LogP contribution is -2.53. The maximum absolute atomic E-state index is 13.8. The van der Waals surface area contributed by atoms with Gasteiger partial charge in [-0.2, -0.15) is 0 Å². The largest absolute Gasteiger partial charge is 0.352 e. The van der Waals surface area contributed by atoms with Crippen LogP contribution in [0.1, 0.15) is 45.0 Å². The minimum absolute atomic E-state index is 0.0732. The van der Waals surface area contributed by atoms with Gasteiger partial charge in [0.2, 0.25) is 11.8 Å². The van der Waals surface area contributed by atoms with Gasteiger partial charge in [-0.3, -0.25) is 14.4 Å². The number of rotatable bonds is 8. The molecule has 0 aliphatic heterocycles. The zero-order chi connectivity index (χ0) is 20.7. The summed E-state index contributed by atoms with van der Waals surface area (Å²) in [6.45, 7) is 8.78. The van der Waals surface area contributed by atoms with E-state index in [1.165, 1.54) is 4.90 Å². The van der Waals surface area contributed by atoms with Crippen molar-refractivity contribution in [2.45, 2.75) is 46.7 Å². The minimum atomic E-state index is -1.02. The molecule has 150 valence electrons. The Balaban J connectivity index is 2.97. The molecule has 8 heteroatoms. The summed E-state index contributed by atoms with van der Waals surface area (Å²) in [4.78, 5) is 38.4. The molecule has 6 nitrogen and oxygen atoms in total. The lowest BCUT2D eigenvalue weighted by molar-refractivity contribution is -0.138. The molecule has 0 saturated carbocycles. The van der Waals surface area contributed by atoms with Crippen LogP contribution in [0.4, 0.5) is 8.78 Å². The van der Waals surface area contributed by atoms with E-state index in [0.717, 1.165) is 18.2 Å². The molecule has 27 heavy (non-hydrogen) atoms. The van der Waals surface area contributed by atoms with Crippen LogP contribution in [0.15, 0.2) is 18.2 Å². The molecule has 0 aromatic heterocycles. The summed E-state index contributed by atoms with van der Waals surface area (Å²) in [5.74, 6) is -4.19. The van der Waals surface area contributed by atoms with E-state index >= 15 is 0 Å². The van der Waals surface area contributed by atoms with Crippen LogP contribution in [0.5, 0.6) is 0 Å². The normalized spacial score (nSPS) is 12.0. The van der Waals surface area contributed by atoms with Crippen molar-refractivity contribution >= 4 is 17.7 Å². The monoisotopic (exact) mass is 383 g/mol. The fourth-order valence-corrected chi connectivity index (χ4v) is 2.52. The number of likely N-dealkylation sites (N-methyl/N-ethyl adjacent to an activating group) is 1. The van der Waals surface area contributed by atoms with Crippen LogP contribution in [-0.4, -0.2) is 47.8 Å². The van der Waals surface area contributed by atoms with Gasteiger partial charge in [-0.15, -0.1) is 0 Å². The van der Waals surface area contributed by atoms with E-state index in [1.807, 2.05) is 0 Å². The second kappa shape index (κ2) is 9.99. The smallest absolute Gasteiger partial charge is 0.257 e. The van der Waals surface area contributed by atoms with Gasteiger partial charge in [0.05, 0.1) is 6.54 Å². The molecule has 0 heterocycles. The first-order valence-corrected chi connectivity index (χ1v) is 8.91.